The monoisotopic (exact) mass is 626 g/mol. The largest absolute Gasteiger partial charge is 0.461 e. The lowest BCUT2D eigenvalue weighted by atomic mass is 9.71. The molecular formula is C31H35BrN2O5S. The molecule has 2 aromatic rings. The molecule has 0 aliphatic carbocycles. The molecule has 9 heteroatoms. The number of anilines is 1. The molecule has 40 heavy (non-hydrogen) atoms. The minimum absolute atomic E-state index is 0.0269. The number of fused-ring (bicyclic) bond motifs is 2. The molecule has 0 aromatic heterocycles. The van der Waals surface area contributed by atoms with Gasteiger partial charge in [-0.25, -0.2) is 0 Å². The van der Waals surface area contributed by atoms with Gasteiger partial charge in [0.25, 0.3) is 5.91 Å². The molecule has 1 spiro atoms. The molecule has 1 N–H and O–H groups in total. The lowest BCUT2D eigenvalue weighted by Gasteiger charge is -2.38. The summed E-state index contributed by atoms with van der Waals surface area (Å²) in [4.78, 5) is 45.5. The van der Waals surface area contributed by atoms with Crippen LogP contribution in [-0.4, -0.2) is 75.0 Å². The molecule has 2 amide bonds. The maximum Gasteiger partial charge on any atom is 0.311 e. The maximum absolute atomic E-state index is 14.7. The van der Waals surface area contributed by atoms with E-state index in [2.05, 4.69) is 29.1 Å². The van der Waals surface area contributed by atoms with Crippen LogP contribution in [0.25, 0.3) is 10.8 Å². The van der Waals surface area contributed by atoms with Crippen molar-refractivity contribution >= 4 is 61.9 Å². The van der Waals surface area contributed by atoms with Crippen LogP contribution in [0.5, 0.6) is 0 Å². The predicted octanol–water partition coefficient (Wildman–Crippen LogP) is 4.72. The van der Waals surface area contributed by atoms with Crippen molar-refractivity contribution in [1.82, 2.24) is 4.90 Å². The van der Waals surface area contributed by atoms with E-state index in [4.69, 9.17) is 4.74 Å². The Hall–Kier alpha value is -2.62. The fourth-order valence-corrected chi connectivity index (χ4v) is 10.3. The van der Waals surface area contributed by atoms with Gasteiger partial charge in [0, 0.05) is 35.5 Å². The Labute approximate surface area is 247 Å². The zero-order chi connectivity index (χ0) is 28.4. The molecule has 212 valence electrons. The number of benzene rings is 2. The molecule has 3 aliphatic heterocycles. The summed E-state index contributed by atoms with van der Waals surface area (Å²) >= 11 is 5.38. The number of unbranched alkanes of at least 4 members (excludes halogenated alkanes) is 2. The van der Waals surface area contributed by atoms with Crippen LogP contribution in [-0.2, 0) is 19.1 Å². The smallest absolute Gasteiger partial charge is 0.311 e. The first-order valence-electron chi connectivity index (χ1n) is 13.8. The molecule has 2 aromatic carbocycles. The van der Waals surface area contributed by atoms with Gasteiger partial charge >= 0.3 is 5.97 Å². The Bertz CT molecular complexity index is 1320. The van der Waals surface area contributed by atoms with Crippen LogP contribution in [0, 0.1) is 11.8 Å². The highest BCUT2D eigenvalue weighted by Crippen LogP contribution is 2.68. The van der Waals surface area contributed by atoms with Gasteiger partial charge in [-0.3, -0.25) is 14.4 Å². The molecule has 7 nitrogen and oxygen atoms in total. The molecule has 3 heterocycles. The highest BCUT2D eigenvalue weighted by molar-refractivity contribution is 9.09. The lowest BCUT2D eigenvalue weighted by Crippen LogP contribution is -2.55. The first-order chi connectivity index (χ1) is 19.4. The Morgan fingerprint density at radius 1 is 1.15 bits per heavy atom. The zero-order valence-corrected chi connectivity index (χ0v) is 24.8. The first kappa shape index (κ1) is 28.9. The average Bonchev–Trinajstić information content (AvgIpc) is 3.55. The number of aliphatic hydroxyl groups is 1. The normalized spacial score (nSPS) is 28.5. The third kappa shape index (κ3) is 4.90. The number of amides is 2. The summed E-state index contributed by atoms with van der Waals surface area (Å²) in [7, 11) is 0. The molecule has 0 saturated carbocycles. The second-order valence-electron chi connectivity index (χ2n) is 10.7. The molecule has 6 atom stereocenters. The van der Waals surface area contributed by atoms with Crippen LogP contribution in [0.15, 0.2) is 67.8 Å². The Morgan fingerprint density at radius 3 is 2.65 bits per heavy atom. The number of alkyl halides is 1. The number of likely N-dealkylation sites (tertiary alicyclic amines) is 1. The number of carbonyl (C=O) groups excluding carboxylic acids is 3. The number of hydrogen-bond donors (Lipinski definition) is 1. The number of esters is 1. The van der Waals surface area contributed by atoms with E-state index < -0.39 is 28.6 Å². The molecular weight excluding hydrogens is 592 g/mol. The van der Waals surface area contributed by atoms with Crippen LogP contribution in [0.2, 0.25) is 0 Å². The number of carbonyl (C=O) groups is 3. The fraction of sp³-hybridized carbons (Fsp3) is 0.452. The van der Waals surface area contributed by atoms with Gasteiger partial charge in [-0.15, -0.1) is 18.3 Å². The number of rotatable bonds is 12. The molecule has 3 fully saturated rings. The van der Waals surface area contributed by atoms with Gasteiger partial charge < -0.3 is 19.6 Å². The van der Waals surface area contributed by atoms with Gasteiger partial charge in [0.05, 0.1) is 16.6 Å². The van der Waals surface area contributed by atoms with Gasteiger partial charge in [-0.2, -0.15) is 0 Å². The van der Waals surface area contributed by atoms with Crippen molar-refractivity contribution in [3.63, 3.8) is 0 Å². The van der Waals surface area contributed by atoms with Crippen molar-refractivity contribution < 1.29 is 24.2 Å². The van der Waals surface area contributed by atoms with Crippen LogP contribution in [0.4, 0.5) is 5.69 Å². The van der Waals surface area contributed by atoms with Gasteiger partial charge in [-0.05, 0) is 48.6 Å². The Morgan fingerprint density at radius 2 is 1.93 bits per heavy atom. The van der Waals surface area contributed by atoms with E-state index in [0.29, 0.717) is 25.8 Å². The van der Waals surface area contributed by atoms with Crippen molar-refractivity contribution in [2.45, 2.75) is 46.5 Å². The summed E-state index contributed by atoms with van der Waals surface area (Å²) in [5.74, 6) is -2.01. The van der Waals surface area contributed by atoms with Crippen LogP contribution < -0.4 is 4.90 Å². The summed E-state index contributed by atoms with van der Waals surface area (Å²) in [6, 6.07) is 13.2. The maximum atomic E-state index is 14.7. The van der Waals surface area contributed by atoms with Crippen molar-refractivity contribution in [2.24, 2.45) is 11.8 Å². The van der Waals surface area contributed by atoms with E-state index in [9.17, 15) is 19.5 Å². The molecule has 5 rings (SSSR count). The summed E-state index contributed by atoms with van der Waals surface area (Å²) in [6.07, 6.45) is 5.85. The summed E-state index contributed by atoms with van der Waals surface area (Å²) in [5, 5.41) is 11.2. The van der Waals surface area contributed by atoms with Gasteiger partial charge in [0.1, 0.15) is 12.6 Å². The van der Waals surface area contributed by atoms with E-state index in [-0.39, 0.29) is 41.6 Å². The molecule has 2 bridgehead atoms. The van der Waals surface area contributed by atoms with E-state index in [1.54, 1.807) is 27.6 Å². The Kier molecular flexibility index (Phi) is 8.73. The van der Waals surface area contributed by atoms with Crippen LogP contribution in [0.1, 0.15) is 25.7 Å². The standard InChI is InChI=1S/C31H35BrN2O5S/c1-3-14-33(22-13-12-20-10-6-7-11-21(20)18-22)29(37)27-31-19-23(32)26(40-31)24(30(38)39-17-4-2)25(31)28(36)34(27)15-8-5-9-16-35/h3-4,6-7,10-13,18,23-27,35H,1-2,5,8-9,14-17,19H2/t23?,24-,25-,26-,27?,31?/m0/s1. The van der Waals surface area contributed by atoms with E-state index in [1.165, 1.54) is 6.08 Å². The number of aliphatic hydroxyl groups excluding tert-OH is 1. The summed E-state index contributed by atoms with van der Waals surface area (Å²) in [5.41, 5.74) is 0.742. The number of nitrogens with zero attached hydrogens (tertiary/aromatic N) is 2. The fourth-order valence-electron chi connectivity index (χ4n) is 6.67. The highest BCUT2D eigenvalue weighted by Gasteiger charge is 2.76. The van der Waals surface area contributed by atoms with Gasteiger partial charge in [-0.1, -0.05) is 65.0 Å². The SMILES string of the molecule is C=CCOC(=O)[C@H]1[C@H]2C(=O)N(CCCCCO)C(C(=O)N(CC=C)c3ccc4ccccc4c3)C23CC(Br)[C@@H]1S3. The lowest BCUT2D eigenvalue weighted by molar-refractivity contribution is -0.153. The third-order valence-electron chi connectivity index (χ3n) is 8.32. The van der Waals surface area contributed by atoms with Crippen molar-refractivity contribution in [1.29, 1.82) is 0 Å². The average molecular weight is 628 g/mol. The summed E-state index contributed by atoms with van der Waals surface area (Å²) < 4.78 is 4.72. The van der Waals surface area contributed by atoms with Crippen molar-refractivity contribution in [2.75, 3.05) is 31.2 Å². The molecule has 0 radical (unpaired) electrons. The molecule has 3 aliphatic rings. The van der Waals surface area contributed by atoms with Gasteiger partial charge in [0.15, 0.2) is 0 Å². The number of hydrogen-bond acceptors (Lipinski definition) is 6. The van der Waals surface area contributed by atoms with Gasteiger partial charge in [0.2, 0.25) is 5.91 Å². The zero-order valence-electron chi connectivity index (χ0n) is 22.4. The number of halogens is 1. The van der Waals surface area contributed by atoms with Crippen LogP contribution >= 0.6 is 27.7 Å². The van der Waals surface area contributed by atoms with Crippen LogP contribution in [0.3, 0.4) is 0 Å². The minimum Gasteiger partial charge on any atom is -0.461 e. The third-order valence-corrected chi connectivity index (χ3v) is 11.5. The second-order valence-corrected chi connectivity index (χ2v) is 13.4. The summed E-state index contributed by atoms with van der Waals surface area (Å²) in [6.45, 7) is 8.39. The van der Waals surface area contributed by atoms with Crippen molar-refractivity contribution in [3.8, 4) is 0 Å². The molecule has 3 saturated heterocycles. The number of ether oxygens (including phenoxy) is 1. The minimum atomic E-state index is -0.752. The highest BCUT2D eigenvalue weighted by atomic mass is 79.9. The van der Waals surface area contributed by atoms with Crippen molar-refractivity contribution in [3.05, 3.63) is 67.8 Å². The first-order valence-corrected chi connectivity index (χ1v) is 15.6. The quantitative estimate of drug-likeness (QED) is 0.159. The Balaban J connectivity index is 1.55. The number of thioether (sulfide) groups is 1. The molecule has 3 unspecified atom stereocenters. The van der Waals surface area contributed by atoms with E-state index >= 15 is 0 Å². The van der Waals surface area contributed by atoms with E-state index in [0.717, 1.165) is 22.9 Å². The van der Waals surface area contributed by atoms with E-state index in [1.807, 2.05) is 42.5 Å². The topological polar surface area (TPSA) is 87.1 Å². The predicted molar refractivity (Wildman–Crippen MR) is 163 cm³/mol. The second kappa shape index (κ2) is 12.1.